The number of likely N-dealkylation sites (N-methyl/N-ethyl adjacent to an activating group) is 1. The van der Waals surface area contributed by atoms with E-state index in [0.717, 1.165) is 37.1 Å². The average molecular weight is 550 g/mol. The largest absolute Gasteiger partial charge is 0.492 e. The van der Waals surface area contributed by atoms with E-state index in [2.05, 4.69) is 84.7 Å². The average Bonchev–Trinajstić information content (AvgIpc) is 3.15. The van der Waals surface area contributed by atoms with Gasteiger partial charge in [-0.25, -0.2) is 4.79 Å². The van der Waals surface area contributed by atoms with Gasteiger partial charge in [0.1, 0.15) is 12.4 Å². The predicted molar refractivity (Wildman–Crippen MR) is 163 cm³/mol. The highest BCUT2D eigenvalue weighted by atomic mass is 16.5. The summed E-state index contributed by atoms with van der Waals surface area (Å²) >= 11 is 0. The summed E-state index contributed by atoms with van der Waals surface area (Å²) in [5, 5.41) is 9.36. The number of carboxylic acids is 1. The third-order valence-corrected chi connectivity index (χ3v) is 7.91. The number of carbonyl (C=O) groups is 1. The van der Waals surface area contributed by atoms with Gasteiger partial charge in [0.25, 0.3) is 0 Å². The lowest BCUT2D eigenvalue weighted by molar-refractivity contribution is -0.149. The minimum absolute atomic E-state index is 0.159. The summed E-state index contributed by atoms with van der Waals surface area (Å²) in [7, 11) is 2.18. The smallest absolute Gasteiger partial charge is 0.333 e. The van der Waals surface area contributed by atoms with Crippen LogP contribution in [0.1, 0.15) is 51.9 Å². The van der Waals surface area contributed by atoms with Crippen LogP contribution in [0.4, 0.5) is 0 Å². The normalized spacial score (nSPS) is 15.0. The zero-order valence-electron chi connectivity index (χ0n) is 24.0. The Bertz CT molecular complexity index is 1430. The molecule has 5 rings (SSSR count). The molecule has 0 spiro atoms. The van der Waals surface area contributed by atoms with Crippen LogP contribution in [-0.2, 0) is 35.2 Å². The van der Waals surface area contributed by atoms with Crippen molar-refractivity contribution in [2.24, 2.45) is 0 Å². The summed E-state index contributed by atoms with van der Waals surface area (Å²) in [4.78, 5) is 13.8. The van der Waals surface area contributed by atoms with Crippen LogP contribution in [0.5, 0.6) is 5.75 Å². The minimum Gasteiger partial charge on any atom is -0.492 e. The Kier molecular flexibility index (Phi) is 9.50. The zero-order valence-corrected chi connectivity index (χ0v) is 24.0. The van der Waals surface area contributed by atoms with Crippen molar-refractivity contribution in [2.75, 3.05) is 26.8 Å². The van der Waals surface area contributed by atoms with E-state index in [4.69, 9.17) is 9.47 Å². The molecule has 0 aromatic heterocycles. The Hall–Kier alpha value is -3.93. The number of aliphatic carboxylic acids is 1. The van der Waals surface area contributed by atoms with Gasteiger partial charge in [-0.3, -0.25) is 4.90 Å². The maximum absolute atomic E-state index is 11.4. The molecule has 0 bridgehead atoms. The number of fused-ring (bicyclic) bond motifs is 2. The van der Waals surface area contributed by atoms with Gasteiger partial charge in [-0.15, -0.1) is 0 Å². The van der Waals surface area contributed by atoms with Gasteiger partial charge in [-0.2, -0.15) is 0 Å². The van der Waals surface area contributed by atoms with Crippen molar-refractivity contribution in [1.29, 1.82) is 0 Å². The van der Waals surface area contributed by atoms with Gasteiger partial charge in [0.05, 0.1) is 6.04 Å². The van der Waals surface area contributed by atoms with Gasteiger partial charge >= 0.3 is 5.97 Å². The fourth-order valence-electron chi connectivity index (χ4n) is 5.82. The van der Waals surface area contributed by atoms with Gasteiger partial charge < -0.3 is 14.6 Å². The second-order valence-corrected chi connectivity index (χ2v) is 10.8. The summed E-state index contributed by atoms with van der Waals surface area (Å²) in [6, 6.07) is 34.3. The molecule has 2 atom stereocenters. The summed E-state index contributed by atoms with van der Waals surface area (Å²) in [6.45, 7) is 3.49. The Morgan fingerprint density at radius 1 is 0.854 bits per heavy atom. The molecule has 0 amide bonds. The molecule has 0 radical (unpaired) electrons. The van der Waals surface area contributed by atoms with Gasteiger partial charge in [0.2, 0.25) is 0 Å². The van der Waals surface area contributed by atoms with Crippen molar-refractivity contribution in [1.82, 2.24) is 4.90 Å². The van der Waals surface area contributed by atoms with Crippen molar-refractivity contribution in [3.63, 3.8) is 0 Å². The van der Waals surface area contributed by atoms with Crippen LogP contribution in [0.3, 0.4) is 0 Å². The molecule has 4 aromatic rings. The highest BCUT2D eigenvalue weighted by Gasteiger charge is 2.27. The van der Waals surface area contributed by atoms with E-state index < -0.39 is 12.1 Å². The van der Waals surface area contributed by atoms with Crippen LogP contribution in [0.15, 0.2) is 97.1 Å². The van der Waals surface area contributed by atoms with Crippen LogP contribution >= 0.6 is 0 Å². The number of nitrogens with zero attached hydrogens (tertiary/aromatic N) is 1. The van der Waals surface area contributed by atoms with Crippen molar-refractivity contribution in [3.8, 4) is 5.75 Å². The number of benzene rings is 4. The molecule has 1 aliphatic rings. The molecule has 1 N–H and O–H groups in total. The van der Waals surface area contributed by atoms with Crippen LogP contribution in [-0.4, -0.2) is 48.9 Å². The Labute approximate surface area is 243 Å². The molecule has 212 valence electrons. The van der Waals surface area contributed by atoms with E-state index in [1.807, 2.05) is 24.3 Å². The van der Waals surface area contributed by atoms with Crippen molar-refractivity contribution < 1.29 is 19.4 Å². The first kappa shape index (κ1) is 28.6. The third kappa shape index (κ3) is 7.24. The molecular formula is C36H39NO4. The second kappa shape index (κ2) is 13.6. The number of rotatable bonds is 12. The van der Waals surface area contributed by atoms with E-state index in [1.54, 1.807) is 6.92 Å². The lowest BCUT2D eigenvalue weighted by Crippen LogP contribution is -2.30. The topological polar surface area (TPSA) is 59.0 Å². The van der Waals surface area contributed by atoms with Gasteiger partial charge in [-0.1, -0.05) is 84.9 Å². The SMILES string of the molecule is CCOC(Cc1ccc(OCCN(C)C2c3ccccc3CCc3cc(Cc4ccccc4)ccc32)cc1)C(=O)O. The molecule has 5 nitrogen and oxygen atoms in total. The predicted octanol–water partition coefficient (Wildman–Crippen LogP) is 6.51. The van der Waals surface area contributed by atoms with Crippen molar-refractivity contribution in [2.45, 2.75) is 44.8 Å². The summed E-state index contributed by atoms with van der Waals surface area (Å²) in [6.07, 6.45) is 2.52. The zero-order chi connectivity index (χ0) is 28.6. The first-order valence-corrected chi connectivity index (χ1v) is 14.5. The van der Waals surface area contributed by atoms with Crippen LogP contribution < -0.4 is 4.74 Å². The van der Waals surface area contributed by atoms with E-state index in [-0.39, 0.29) is 6.04 Å². The quantitative estimate of drug-likeness (QED) is 0.218. The highest BCUT2D eigenvalue weighted by Crippen LogP contribution is 2.36. The van der Waals surface area contributed by atoms with Crippen LogP contribution in [0.25, 0.3) is 0 Å². The highest BCUT2D eigenvalue weighted by molar-refractivity contribution is 5.72. The Balaban J connectivity index is 1.27. The second-order valence-electron chi connectivity index (χ2n) is 10.8. The molecule has 1 aliphatic carbocycles. The van der Waals surface area contributed by atoms with Crippen LogP contribution in [0, 0.1) is 0 Å². The Morgan fingerprint density at radius 3 is 2.29 bits per heavy atom. The number of hydrogen-bond acceptors (Lipinski definition) is 4. The molecule has 41 heavy (non-hydrogen) atoms. The molecule has 0 fully saturated rings. The fourth-order valence-corrected chi connectivity index (χ4v) is 5.82. The molecule has 0 saturated carbocycles. The number of carboxylic acid groups (broad SMARTS) is 1. The van der Waals surface area contributed by atoms with Gasteiger partial charge in [-0.05, 0) is 84.3 Å². The molecule has 0 saturated heterocycles. The van der Waals surface area contributed by atoms with Crippen molar-refractivity contribution in [3.05, 3.63) is 136 Å². The van der Waals surface area contributed by atoms with E-state index >= 15 is 0 Å². The Morgan fingerprint density at radius 2 is 1.54 bits per heavy atom. The third-order valence-electron chi connectivity index (χ3n) is 7.91. The van der Waals surface area contributed by atoms with E-state index in [1.165, 1.54) is 33.4 Å². The molecule has 0 aliphatic heterocycles. The number of ether oxygens (including phenoxy) is 2. The number of aryl methyl sites for hydroxylation is 2. The maximum atomic E-state index is 11.4. The monoisotopic (exact) mass is 549 g/mol. The van der Waals surface area contributed by atoms with E-state index in [0.29, 0.717) is 19.6 Å². The maximum Gasteiger partial charge on any atom is 0.333 e. The van der Waals surface area contributed by atoms with Crippen molar-refractivity contribution >= 4 is 5.97 Å². The lowest BCUT2D eigenvalue weighted by atomic mass is 9.91. The van der Waals surface area contributed by atoms with Gasteiger partial charge in [0, 0.05) is 19.6 Å². The fraction of sp³-hybridized carbons (Fsp3) is 0.306. The molecule has 5 heteroatoms. The summed E-state index contributed by atoms with van der Waals surface area (Å²) < 4.78 is 11.5. The molecular weight excluding hydrogens is 510 g/mol. The van der Waals surface area contributed by atoms with E-state index in [9.17, 15) is 9.90 Å². The minimum atomic E-state index is -0.940. The van der Waals surface area contributed by atoms with Crippen LogP contribution in [0.2, 0.25) is 0 Å². The lowest BCUT2D eigenvalue weighted by Gasteiger charge is -2.30. The summed E-state index contributed by atoms with van der Waals surface area (Å²) in [5.41, 5.74) is 9.18. The molecule has 2 unspecified atom stereocenters. The molecule has 0 heterocycles. The first-order chi connectivity index (χ1) is 20.0. The first-order valence-electron chi connectivity index (χ1n) is 14.5. The standard InChI is InChI=1S/C36H39NO4/c1-3-40-34(36(38)39)25-27-13-18-31(19-14-27)41-22-21-37(2)35-32-12-8-7-11-29(32)16-17-30-24-28(15-20-33(30)35)23-26-9-5-4-6-10-26/h4-15,18-20,24,34-35H,3,16-17,21-23,25H2,1-2H3,(H,38,39). The number of hydrogen-bond donors (Lipinski definition) is 1. The molecule has 4 aromatic carbocycles. The summed E-state index contributed by atoms with van der Waals surface area (Å²) in [5.74, 6) is -0.165. The van der Waals surface area contributed by atoms with Gasteiger partial charge in [0.15, 0.2) is 6.10 Å².